The summed E-state index contributed by atoms with van der Waals surface area (Å²) in [5.41, 5.74) is 2.62. The number of anilines is 1. The van der Waals surface area contributed by atoms with Gasteiger partial charge in [0.15, 0.2) is 17.3 Å². The number of rotatable bonds is 7. The third kappa shape index (κ3) is 4.41. The Hall–Kier alpha value is -3.42. The molecule has 140 valence electrons. The van der Waals surface area contributed by atoms with E-state index in [1.807, 2.05) is 42.5 Å². The van der Waals surface area contributed by atoms with Crippen LogP contribution in [0.3, 0.4) is 0 Å². The summed E-state index contributed by atoms with van der Waals surface area (Å²) in [6.07, 6.45) is 0.972. The number of aryl methyl sites for hydroxylation is 2. The molecule has 0 atom stereocenters. The molecule has 1 aromatic heterocycles. The average molecular weight is 367 g/mol. The van der Waals surface area contributed by atoms with Crippen molar-refractivity contribution in [3.05, 3.63) is 48.0 Å². The van der Waals surface area contributed by atoms with Crippen LogP contribution in [0.1, 0.15) is 12.0 Å². The zero-order valence-electron chi connectivity index (χ0n) is 15.5. The Kier molecular flexibility index (Phi) is 5.65. The third-order valence-corrected chi connectivity index (χ3v) is 4.14. The van der Waals surface area contributed by atoms with Gasteiger partial charge in [-0.05, 0) is 58.8 Å². The molecule has 0 saturated carbocycles. The molecule has 8 heteroatoms. The molecule has 1 heterocycles. The predicted octanol–water partition coefficient (Wildman–Crippen LogP) is 2.47. The van der Waals surface area contributed by atoms with E-state index in [0.717, 1.165) is 16.8 Å². The highest BCUT2D eigenvalue weighted by Gasteiger charge is 2.09. The van der Waals surface area contributed by atoms with Crippen molar-refractivity contribution >= 4 is 11.6 Å². The van der Waals surface area contributed by atoms with Crippen molar-refractivity contribution in [2.75, 3.05) is 19.5 Å². The van der Waals surface area contributed by atoms with E-state index < -0.39 is 0 Å². The minimum Gasteiger partial charge on any atom is -0.493 e. The Bertz CT molecular complexity index is 921. The summed E-state index contributed by atoms with van der Waals surface area (Å²) in [7, 11) is 4.96. The van der Waals surface area contributed by atoms with Crippen molar-refractivity contribution in [1.82, 2.24) is 20.2 Å². The lowest BCUT2D eigenvalue weighted by Gasteiger charge is -2.10. The average Bonchev–Trinajstić information content (AvgIpc) is 3.12. The molecule has 0 fully saturated rings. The molecule has 0 unspecified atom stereocenters. The lowest BCUT2D eigenvalue weighted by atomic mass is 10.1. The van der Waals surface area contributed by atoms with Crippen molar-refractivity contribution in [1.29, 1.82) is 0 Å². The Morgan fingerprint density at radius 3 is 2.44 bits per heavy atom. The number of carbonyl (C=O) groups excluding carboxylic acids is 1. The number of benzene rings is 2. The SMILES string of the molecule is COc1ccc(CCC(=O)Nc2ccc(-c3nnnn3C)cc2)cc1OC. The summed E-state index contributed by atoms with van der Waals surface area (Å²) < 4.78 is 12.1. The number of nitrogens with zero attached hydrogens (tertiary/aromatic N) is 4. The van der Waals surface area contributed by atoms with Crippen molar-refractivity contribution in [2.24, 2.45) is 7.05 Å². The van der Waals surface area contributed by atoms with Gasteiger partial charge in [0, 0.05) is 24.7 Å². The molecule has 0 aliphatic heterocycles. The molecule has 8 nitrogen and oxygen atoms in total. The van der Waals surface area contributed by atoms with Gasteiger partial charge in [-0.3, -0.25) is 4.79 Å². The maximum Gasteiger partial charge on any atom is 0.224 e. The van der Waals surface area contributed by atoms with Crippen LogP contribution in [0.25, 0.3) is 11.4 Å². The summed E-state index contributed by atoms with van der Waals surface area (Å²) in [5, 5.41) is 14.3. The number of hydrogen-bond acceptors (Lipinski definition) is 6. The largest absolute Gasteiger partial charge is 0.493 e. The topological polar surface area (TPSA) is 91.2 Å². The molecular weight excluding hydrogens is 346 g/mol. The maximum absolute atomic E-state index is 12.2. The Balaban J connectivity index is 1.57. The molecule has 3 rings (SSSR count). The van der Waals surface area contributed by atoms with E-state index in [1.54, 1.807) is 25.9 Å². The van der Waals surface area contributed by atoms with Gasteiger partial charge >= 0.3 is 0 Å². The van der Waals surface area contributed by atoms with Gasteiger partial charge in [-0.25, -0.2) is 4.68 Å². The molecule has 0 saturated heterocycles. The van der Waals surface area contributed by atoms with Crippen LogP contribution in [0.4, 0.5) is 5.69 Å². The molecular formula is C19H21N5O3. The molecule has 1 N–H and O–H groups in total. The van der Waals surface area contributed by atoms with Gasteiger partial charge in [0.1, 0.15) is 0 Å². The van der Waals surface area contributed by atoms with E-state index in [1.165, 1.54) is 0 Å². The second-order valence-electron chi connectivity index (χ2n) is 5.94. The van der Waals surface area contributed by atoms with Crippen molar-refractivity contribution in [3.8, 4) is 22.9 Å². The number of hydrogen-bond donors (Lipinski definition) is 1. The third-order valence-electron chi connectivity index (χ3n) is 4.14. The van der Waals surface area contributed by atoms with Gasteiger partial charge in [-0.2, -0.15) is 0 Å². The molecule has 0 aliphatic rings. The maximum atomic E-state index is 12.2. The highest BCUT2D eigenvalue weighted by atomic mass is 16.5. The first kappa shape index (κ1) is 18.4. The summed E-state index contributed by atoms with van der Waals surface area (Å²) in [6, 6.07) is 13.1. The number of ether oxygens (including phenoxy) is 2. The number of aromatic nitrogens is 4. The summed E-state index contributed by atoms with van der Waals surface area (Å²) in [5.74, 6) is 1.94. The van der Waals surface area contributed by atoms with E-state index >= 15 is 0 Å². The first-order valence-electron chi connectivity index (χ1n) is 8.44. The molecule has 0 radical (unpaired) electrons. The highest BCUT2D eigenvalue weighted by Crippen LogP contribution is 2.28. The van der Waals surface area contributed by atoms with Gasteiger partial charge in [0.05, 0.1) is 14.2 Å². The Morgan fingerprint density at radius 1 is 1.07 bits per heavy atom. The van der Waals surface area contributed by atoms with Crippen molar-refractivity contribution in [2.45, 2.75) is 12.8 Å². The van der Waals surface area contributed by atoms with Gasteiger partial charge < -0.3 is 14.8 Å². The first-order chi connectivity index (χ1) is 13.1. The number of methoxy groups -OCH3 is 2. The lowest BCUT2D eigenvalue weighted by molar-refractivity contribution is -0.116. The van der Waals surface area contributed by atoms with Gasteiger partial charge in [0.2, 0.25) is 5.91 Å². The smallest absolute Gasteiger partial charge is 0.224 e. The highest BCUT2D eigenvalue weighted by molar-refractivity contribution is 5.91. The van der Waals surface area contributed by atoms with Crippen LogP contribution in [-0.2, 0) is 18.3 Å². The van der Waals surface area contributed by atoms with Crippen LogP contribution in [0.2, 0.25) is 0 Å². The summed E-state index contributed by atoms with van der Waals surface area (Å²) in [6.45, 7) is 0. The predicted molar refractivity (Wildman–Crippen MR) is 101 cm³/mol. The minimum atomic E-state index is -0.0575. The van der Waals surface area contributed by atoms with Crippen LogP contribution in [0.5, 0.6) is 11.5 Å². The van der Waals surface area contributed by atoms with E-state index in [4.69, 9.17) is 9.47 Å². The van der Waals surface area contributed by atoms with E-state index in [2.05, 4.69) is 20.8 Å². The fraction of sp³-hybridized carbons (Fsp3) is 0.263. The molecule has 0 bridgehead atoms. The van der Waals surface area contributed by atoms with Crippen molar-refractivity contribution < 1.29 is 14.3 Å². The standard InChI is InChI=1S/C19H21N5O3/c1-24-19(21-22-23-24)14-6-8-15(9-7-14)20-18(25)11-5-13-4-10-16(26-2)17(12-13)27-3/h4,6-10,12H,5,11H2,1-3H3,(H,20,25). The van der Waals surface area contributed by atoms with Gasteiger partial charge in [0.25, 0.3) is 0 Å². The molecule has 0 aliphatic carbocycles. The fourth-order valence-corrected chi connectivity index (χ4v) is 2.69. The normalized spacial score (nSPS) is 10.5. The number of amides is 1. The van der Waals surface area contributed by atoms with Crippen LogP contribution in [0.15, 0.2) is 42.5 Å². The minimum absolute atomic E-state index is 0.0575. The lowest BCUT2D eigenvalue weighted by Crippen LogP contribution is -2.12. The monoisotopic (exact) mass is 367 g/mol. The molecule has 2 aromatic carbocycles. The second-order valence-corrected chi connectivity index (χ2v) is 5.94. The van der Waals surface area contributed by atoms with E-state index in [0.29, 0.717) is 30.2 Å². The fourth-order valence-electron chi connectivity index (χ4n) is 2.69. The summed E-state index contributed by atoms with van der Waals surface area (Å²) in [4.78, 5) is 12.2. The molecule has 3 aromatic rings. The number of nitrogens with one attached hydrogen (secondary N) is 1. The Labute approximate surface area is 157 Å². The zero-order valence-corrected chi connectivity index (χ0v) is 15.5. The van der Waals surface area contributed by atoms with Gasteiger partial charge in [-0.15, -0.1) is 5.10 Å². The zero-order chi connectivity index (χ0) is 19.2. The molecule has 1 amide bonds. The number of tetrazole rings is 1. The molecule has 0 spiro atoms. The van der Waals surface area contributed by atoms with Crippen LogP contribution >= 0.6 is 0 Å². The van der Waals surface area contributed by atoms with E-state index in [-0.39, 0.29) is 5.91 Å². The first-order valence-corrected chi connectivity index (χ1v) is 8.44. The second kappa shape index (κ2) is 8.31. The van der Waals surface area contributed by atoms with Crippen molar-refractivity contribution in [3.63, 3.8) is 0 Å². The summed E-state index contributed by atoms with van der Waals surface area (Å²) >= 11 is 0. The van der Waals surface area contributed by atoms with E-state index in [9.17, 15) is 4.79 Å². The van der Waals surface area contributed by atoms with Crippen LogP contribution < -0.4 is 14.8 Å². The van der Waals surface area contributed by atoms with Crippen LogP contribution in [-0.4, -0.2) is 40.3 Å². The quantitative estimate of drug-likeness (QED) is 0.690. The molecule has 27 heavy (non-hydrogen) atoms. The van der Waals surface area contributed by atoms with Gasteiger partial charge in [-0.1, -0.05) is 6.07 Å². The Morgan fingerprint density at radius 2 is 1.81 bits per heavy atom. The van der Waals surface area contributed by atoms with Crippen LogP contribution in [0, 0.1) is 0 Å². The number of carbonyl (C=O) groups is 1.